The summed E-state index contributed by atoms with van der Waals surface area (Å²) in [5.41, 5.74) is 1.48. The van der Waals surface area contributed by atoms with E-state index < -0.39 is 10.8 Å². The summed E-state index contributed by atoms with van der Waals surface area (Å²) in [4.78, 5) is 37.6. The van der Waals surface area contributed by atoms with Crippen LogP contribution in [0.15, 0.2) is 78.9 Å². The van der Waals surface area contributed by atoms with E-state index in [2.05, 4.69) is 5.32 Å². The fraction of sp³-hybridized carbons (Fsp3) is 0.130. The number of para-hydroxylation sites is 2. The maximum absolute atomic E-state index is 12.9. The molecule has 2 amide bonds. The Labute approximate surface area is 174 Å². The third kappa shape index (κ3) is 4.70. The average molecular weight is 403 g/mol. The van der Waals surface area contributed by atoms with Crippen molar-refractivity contribution in [2.24, 2.45) is 0 Å². The van der Waals surface area contributed by atoms with Crippen LogP contribution in [0.5, 0.6) is 0 Å². The Bertz CT molecular complexity index is 1070. The highest BCUT2D eigenvalue weighted by molar-refractivity contribution is 6.11. The van der Waals surface area contributed by atoms with Gasteiger partial charge in [-0.15, -0.1) is 0 Å². The molecule has 0 aliphatic rings. The monoisotopic (exact) mass is 403 g/mol. The molecule has 0 aliphatic carbocycles. The number of nitrogens with zero attached hydrogens (tertiary/aromatic N) is 2. The lowest BCUT2D eigenvalue weighted by Crippen LogP contribution is -2.31. The van der Waals surface area contributed by atoms with Crippen molar-refractivity contribution in [2.45, 2.75) is 6.42 Å². The number of amides is 2. The number of carbonyl (C=O) groups is 2. The molecule has 7 heteroatoms. The van der Waals surface area contributed by atoms with Gasteiger partial charge in [0.15, 0.2) is 0 Å². The molecule has 0 unspecified atom stereocenters. The summed E-state index contributed by atoms with van der Waals surface area (Å²) in [6.07, 6.45) is 0.680. The molecule has 0 saturated carbocycles. The SMILES string of the molecule is CN(C(=O)c1ccccc1[N+](=O)[O-])c1ccccc1C(=O)NCCc1ccccc1. The second-order valence-electron chi connectivity index (χ2n) is 6.65. The van der Waals surface area contributed by atoms with Crippen LogP contribution >= 0.6 is 0 Å². The maximum atomic E-state index is 12.9. The zero-order valence-electron chi connectivity index (χ0n) is 16.4. The van der Waals surface area contributed by atoms with Gasteiger partial charge in [-0.05, 0) is 30.2 Å². The maximum Gasteiger partial charge on any atom is 0.282 e. The first-order valence-electron chi connectivity index (χ1n) is 9.41. The van der Waals surface area contributed by atoms with Gasteiger partial charge in [0.05, 0.1) is 16.2 Å². The Morgan fingerprint density at radius 2 is 1.50 bits per heavy atom. The molecule has 3 rings (SSSR count). The van der Waals surface area contributed by atoms with Gasteiger partial charge >= 0.3 is 0 Å². The van der Waals surface area contributed by atoms with Crippen LogP contribution in [0.1, 0.15) is 26.3 Å². The molecule has 3 aromatic carbocycles. The molecule has 7 nitrogen and oxygen atoms in total. The number of hydrogen-bond acceptors (Lipinski definition) is 4. The minimum Gasteiger partial charge on any atom is -0.352 e. The Hall–Kier alpha value is -4.00. The molecule has 0 atom stereocenters. The first kappa shape index (κ1) is 20.7. The van der Waals surface area contributed by atoms with E-state index in [1.54, 1.807) is 30.3 Å². The molecule has 0 heterocycles. The number of nitro benzene ring substituents is 1. The van der Waals surface area contributed by atoms with Gasteiger partial charge in [-0.1, -0.05) is 54.6 Å². The van der Waals surface area contributed by atoms with E-state index in [0.29, 0.717) is 24.2 Å². The highest BCUT2D eigenvalue weighted by Crippen LogP contribution is 2.25. The molecule has 0 saturated heterocycles. The molecule has 3 aromatic rings. The van der Waals surface area contributed by atoms with E-state index in [1.807, 2.05) is 30.3 Å². The minimum atomic E-state index is -0.594. The van der Waals surface area contributed by atoms with Crippen LogP contribution < -0.4 is 10.2 Å². The Morgan fingerprint density at radius 3 is 2.20 bits per heavy atom. The van der Waals surface area contributed by atoms with E-state index in [1.165, 1.54) is 30.1 Å². The number of nitro groups is 1. The van der Waals surface area contributed by atoms with Gasteiger partial charge in [-0.2, -0.15) is 0 Å². The van der Waals surface area contributed by atoms with Gasteiger partial charge < -0.3 is 10.2 Å². The van der Waals surface area contributed by atoms with Crippen LogP contribution in [0.2, 0.25) is 0 Å². The topological polar surface area (TPSA) is 92.6 Å². The lowest BCUT2D eigenvalue weighted by atomic mass is 10.1. The predicted octanol–water partition coefficient (Wildman–Crippen LogP) is 3.84. The van der Waals surface area contributed by atoms with Crippen molar-refractivity contribution in [1.82, 2.24) is 5.32 Å². The largest absolute Gasteiger partial charge is 0.352 e. The zero-order valence-corrected chi connectivity index (χ0v) is 16.4. The van der Waals surface area contributed by atoms with Crippen LogP contribution in [0.4, 0.5) is 11.4 Å². The van der Waals surface area contributed by atoms with Gasteiger partial charge in [-0.25, -0.2) is 0 Å². The average Bonchev–Trinajstić information content (AvgIpc) is 2.78. The number of benzene rings is 3. The van der Waals surface area contributed by atoms with Crippen molar-refractivity contribution >= 4 is 23.2 Å². The number of carbonyl (C=O) groups excluding carboxylic acids is 2. The van der Waals surface area contributed by atoms with Crippen LogP contribution in [-0.4, -0.2) is 30.3 Å². The Balaban J connectivity index is 1.78. The summed E-state index contributed by atoms with van der Waals surface area (Å²) >= 11 is 0. The van der Waals surface area contributed by atoms with Gasteiger partial charge in [0, 0.05) is 19.7 Å². The second-order valence-corrected chi connectivity index (χ2v) is 6.65. The van der Waals surface area contributed by atoms with Crippen LogP contribution in [0.25, 0.3) is 0 Å². The van der Waals surface area contributed by atoms with E-state index >= 15 is 0 Å². The minimum absolute atomic E-state index is 0.0377. The molecular weight excluding hydrogens is 382 g/mol. The van der Waals surface area contributed by atoms with Gasteiger partial charge in [-0.3, -0.25) is 19.7 Å². The number of hydrogen-bond donors (Lipinski definition) is 1. The van der Waals surface area contributed by atoms with Crippen molar-refractivity contribution in [3.05, 3.63) is 106 Å². The Kier molecular flexibility index (Phi) is 6.54. The lowest BCUT2D eigenvalue weighted by Gasteiger charge is -2.20. The first-order valence-corrected chi connectivity index (χ1v) is 9.41. The van der Waals surface area contributed by atoms with Crippen LogP contribution in [0, 0.1) is 10.1 Å². The lowest BCUT2D eigenvalue weighted by molar-refractivity contribution is -0.385. The molecule has 1 N–H and O–H groups in total. The summed E-state index contributed by atoms with van der Waals surface area (Å²) in [5, 5.41) is 14.1. The Morgan fingerprint density at radius 1 is 0.900 bits per heavy atom. The number of nitrogens with one attached hydrogen (secondary N) is 1. The normalized spacial score (nSPS) is 10.3. The molecule has 0 fully saturated rings. The third-order valence-electron chi connectivity index (χ3n) is 4.69. The van der Waals surface area contributed by atoms with Crippen LogP contribution in [0.3, 0.4) is 0 Å². The van der Waals surface area contributed by atoms with E-state index in [-0.39, 0.29) is 17.2 Å². The quantitative estimate of drug-likeness (QED) is 0.479. The molecule has 0 bridgehead atoms. The van der Waals surface area contributed by atoms with Crippen molar-refractivity contribution in [3.8, 4) is 0 Å². The van der Waals surface area contributed by atoms with Gasteiger partial charge in [0.1, 0.15) is 5.56 Å². The summed E-state index contributed by atoms with van der Waals surface area (Å²) in [7, 11) is 1.50. The van der Waals surface area contributed by atoms with Gasteiger partial charge in [0.25, 0.3) is 17.5 Å². The molecule has 0 radical (unpaired) electrons. The molecule has 30 heavy (non-hydrogen) atoms. The summed E-state index contributed by atoms with van der Waals surface area (Å²) in [5.74, 6) is -0.879. The fourth-order valence-electron chi connectivity index (χ4n) is 3.12. The summed E-state index contributed by atoms with van der Waals surface area (Å²) in [6.45, 7) is 0.443. The summed E-state index contributed by atoms with van der Waals surface area (Å²) < 4.78 is 0. The molecule has 0 aromatic heterocycles. The smallest absolute Gasteiger partial charge is 0.282 e. The molecule has 0 spiro atoms. The van der Waals surface area contributed by atoms with Crippen molar-refractivity contribution in [3.63, 3.8) is 0 Å². The highest BCUT2D eigenvalue weighted by Gasteiger charge is 2.25. The zero-order chi connectivity index (χ0) is 21.5. The van der Waals surface area contributed by atoms with E-state index in [4.69, 9.17) is 0 Å². The molecular formula is C23H21N3O4. The number of anilines is 1. The second kappa shape index (κ2) is 9.47. The van der Waals surface area contributed by atoms with Crippen molar-refractivity contribution < 1.29 is 14.5 Å². The predicted molar refractivity (Wildman–Crippen MR) is 115 cm³/mol. The van der Waals surface area contributed by atoms with Crippen molar-refractivity contribution in [2.75, 3.05) is 18.5 Å². The standard InChI is InChI=1S/C23H21N3O4/c1-25(23(28)19-12-6-8-14-21(19)26(29)30)20-13-7-5-11-18(20)22(27)24-16-15-17-9-3-2-4-10-17/h2-14H,15-16H2,1H3,(H,24,27). The first-order chi connectivity index (χ1) is 14.5. The van der Waals surface area contributed by atoms with E-state index in [9.17, 15) is 19.7 Å². The molecule has 152 valence electrons. The molecule has 0 aliphatic heterocycles. The van der Waals surface area contributed by atoms with Crippen molar-refractivity contribution in [1.29, 1.82) is 0 Å². The van der Waals surface area contributed by atoms with Gasteiger partial charge in [0.2, 0.25) is 0 Å². The van der Waals surface area contributed by atoms with E-state index in [0.717, 1.165) is 5.56 Å². The summed E-state index contributed by atoms with van der Waals surface area (Å²) in [6, 6.07) is 22.2. The fourth-order valence-corrected chi connectivity index (χ4v) is 3.12. The third-order valence-corrected chi connectivity index (χ3v) is 4.69. The van der Waals surface area contributed by atoms with Crippen LogP contribution in [-0.2, 0) is 6.42 Å². The number of rotatable bonds is 7. The highest BCUT2D eigenvalue weighted by atomic mass is 16.6.